The van der Waals surface area contributed by atoms with Crippen LogP contribution in [0.1, 0.15) is 77.1 Å². The largest absolute Gasteiger partial charge is 0.462 e. The molecule has 6 nitrogen and oxygen atoms in total. The van der Waals surface area contributed by atoms with Gasteiger partial charge < -0.3 is 10.1 Å². The molecule has 0 bridgehead atoms. The number of nitrogens with one attached hydrogen (secondary N) is 1. The summed E-state index contributed by atoms with van der Waals surface area (Å²) < 4.78 is 19.8. The van der Waals surface area contributed by atoms with E-state index < -0.39 is 11.8 Å². The molecule has 0 fully saturated rings. The van der Waals surface area contributed by atoms with Crippen LogP contribution < -0.4 is 5.32 Å². The van der Waals surface area contributed by atoms with E-state index in [1.807, 2.05) is 33.1 Å². The number of benzene rings is 1. The van der Waals surface area contributed by atoms with E-state index in [0.717, 1.165) is 58.7 Å². The standard InChI is InChI=1S/C25H28BrFN4O2S.C2H6/c1-4-8-23(30-20-9-6-7-12-28-16(20)3)31-24-22(13-17(26)15-29-24)34-21-11-10-18(27)14-19(21)25(32)33-5-2;1-2/h10-15H,4-9H2,1-3H3,(H,29,30,31);1-2H3. The van der Waals surface area contributed by atoms with Crippen molar-refractivity contribution < 1.29 is 13.9 Å². The molecule has 1 aliphatic heterocycles. The van der Waals surface area contributed by atoms with Crippen molar-refractivity contribution >= 4 is 51.5 Å². The number of aromatic nitrogens is 1. The number of carbonyl (C=O) groups excluding carboxylic acids is 1. The minimum Gasteiger partial charge on any atom is -0.462 e. The first-order valence-electron chi connectivity index (χ1n) is 12.3. The summed E-state index contributed by atoms with van der Waals surface area (Å²) in [4.78, 5) is 27.6. The van der Waals surface area contributed by atoms with Crippen LogP contribution in [0.3, 0.4) is 0 Å². The van der Waals surface area contributed by atoms with Gasteiger partial charge in [0.15, 0.2) is 5.82 Å². The summed E-state index contributed by atoms with van der Waals surface area (Å²) >= 11 is 4.77. The third kappa shape index (κ3) is 8.85. The van der Waals surface area contributed by atoms with E-state index in [0.29, 0.717) is 10.7 Å². The number of hydrogen-bond donors (Lipinski definition) is 1. The number of pyridine rings is 1. The zero-order valence-corrected chi connectivity index (χ0v) is 23.9. The number of allylic oxidation sites excluding steroid dienone is 2. The minimum absolute atomic E-state index is 0.172. The maximum atomic E-state index is 13.9. The minimum atomic E-state index is -0.567. The first-order valence-corrected chi connectivity index (χ1v) is 13.9. The van der Waals surface area contributed by atoms with Crippen molar-refractivity contribution in [2.45, 2.75) is 76.5 Å². The number of nitrogens with zero attached hydrogens (tertiary/aromatic N) is 3. The van der Waals surface area contributed by atoms with Crippen LogP contribution in [-0.2, 0) is 4.74 Å². The fourth-order valence-corrected chi connectivity index (χ4v) is 4.80. The molecule has 1 N–H and O–H groups in total. The van der Waals surface area contributed by atoms with Crippen molar-refractivity contribution in [2.24, 2.45) is 9.98 Å². The third-order valence-electron chi connectivity index (χ3n) is 4.96. The number of ether oxygens (including phenoxy) is 1. The number of carbonyl (C=O) groups is 1. The van der Waals surface area contributed by atoms with Crippen LogP contribution >= 0.6 is 27.7 Å². The van der Waals surface area contributed by atoms with Crippen LogP contribution in [0.15, 0.2) is 66.1 Å². The molecular formula is C27H34BrFN4O2S. The monoisotopic (exact) mass is 576 g/mol. The van der Waals surface area contributed by atoms with Crippen LogP contribution in [0.4, 0.5) is 10.2 Å². The third-order valence-corrected chi connectivity index (χ3v) is 6.49. The van der Waals surface area contributed by atoms with E-state index in [2.05, 4.69) is 38.1 Å². The highest BCUT2D eigenvalue weighted by Crippen LogP contribution is 2.38. The summed E-state index contributed by atoms with van der Waals surface area (Å²) in [5.74, 6) is 0.248. The molecule has 1 aliphatic rings. The lowest BCUT2D eigenvalue weighted by atomic mass is 10.2. The molecule has 2 aromatic rings. The summed E-state index contributed by atoms with van der Waals surface area (Å²) in [6.07, 6.45) is 8.18. The summed E-state index contributed by atoms with van der Waals surface area (Å²) in [6.45, 7) is 10.0. The highest BCUT2D eigenvalue weighted by Gasteiger charge is 2.18. The SMILES string of the molecule is CC.CCC/C(=N\c1ncc(Br)cc1Sc1ccc(F)cc1C(=O)OCC)NC1=C(C)N=CCCC1. The number of esters is 1. The number of hydrogen-bond acceptors (Lipinski definition) is 6. The number of aliphatic imine (C=N–C) groups is 2. The summed E-state index contributed by atoms with van der Waals surface area (Å²) in [5.41, 5.74) is 2.20. The zero-order chi connectivity index (χ0) is 26.5. The van der Waals surface area contributed by atoms with Crippen LogP contribution in [0, 0.1) is 5.82 Å². The summed E-state index contributed by atoms with van der Waals surface area (Å²) in [5, 5.41) is 3.49. The van der Waals surface area contributed by atoms with Gasteiger partial charge in [0.1, 0.15) is 11.7 Å². The Labute approximate surface area is 226 Å². The van der Waals surface area contributed by atoms with Crippen molar-refractivity contribution in [1.29, 1.82) is 0 Å². The Bertz CT molecular complexity index is 1130. The van der Waals surface area contributed by atoms with Crippen molar-refractivity contribution in [3.05, 3.63) is 57.7 Å². The van der Waals surface area contributed by atoms with E-state index in [4.69, 9.17) is 9.73 Å². The summed E-state index contributed by atoms with van der Waals surface area (Å²) in [7, 11) is 0. The molecule has 0 spiro atoms. The molecule has 194 valence electrons. The molecule has 0 saturated heterocycles. The van der Waals surface area contributed by atoms with E-state index >= 15 is 0 Å². The average Bonchev–Trinajstić information content (AvgIpc) is 3.07. The first-order chi connectivity index (χ1) is 17.4. The summed E-state index contributed by atoms with van der Waals surface area (Å²) in [6, 6.07) is 5.98. The smallest absolute Gasteiger partial charge is 0.339 e. The van der Waals surface area contributed by atoms with Gasteiger partial charge in [0.25, 0.3) is 0 Å². The zero-order valence-electron chi connectivity index (χ0n) is 21.5. The maximum Gasteiger partial charge on any atom is 0.339 e. The molecule has 36 heavy (non-hydrogen) atoms. The fraction of sp³-hybridized carbons (Fsp3) is 0.407. The Kier molecular flexibility index (Phi) is 12.8. The van der Waals surface area contributed by atoms with Crippen LogP contribution in [0.5, 0.6) is 0 Å². The average molecular weight is 578 g/mol. The number of halogens is 2. The van der Waals surface area contributed by atoms with E-state index in [9.17, 15) is 9.18 Å². The topological polar surface area (TPSA) is 75.9 Å². The van der Waals surface area contributed by atoms with Crippen molar-refractivity contribution in [2.75, 3.05) is 6.61 Å². The first kappa shape index (κ1) is 29.7. The van der Waals surface area contributed by atoms with Crippen LogP contribution in [-0.4, -0.2) is 29.6 Å². The molecule has 1 aromatic heterocycles. The molecule has 0 saturated carbocycles. The molecule has 2 heterocycles. The maximum absolute atomic E-state index is 13.9. The molecule has 3 rings (SSSR count). The van der Waals surface area contributed by atoms with Crippen molar-refractivity contribution in [3.63, 3.8) is 0 Å². The van der Waals surface area contributed by atoms with Gasteiger partial charge in [0, 0.05) is 33.9 Å². The molecular weight excluding hydrogens is 543 g/mol. The Morgan fingerprint density at radius 3 is 2.75 bits per heavy atom. The van der Waals surface area contributed by atoms with E-state index in [1.54, 1.807) is 19.2 Å². The van der Waals surface area contributed by atoms with Gasteiger partial charge in [-0.3, -0.25) is 4.99 Å². The normalized spacial score (nSPS) is 13.6. The van der Waals surface area contributed by atoms with Gasteiger partial charge >= 0.3 is 5.97 Å². The molecule has 0 unspecified atom stereocenters. The van der Waals surface area contributed by atoms with Crippen LogP contribution in [0.25, 0.3) is 0 Å². The molecule has 1 aromatic carbocycles. The van der Waals surface area contributed by atoms with Gasteiger partial charge in [0.2, 0.25) is 0 Å². The molecule has 0 amide bonds. The second-order valence-corrected chi connectivity index (χ2v) is 9.64. The number of rotatable bonds is 8. The predicted molar refractivity (Wildman–Crippen MR) is 150 cm³/mol. The number of amidine groups is 1. The lowest BCUT2D eigenvalue weighted by molar-refractivity contribution is 0.0521. The Hall–Kier alpha value is -2.52. The molecule has 0 radical (unpaired) electrons. The van der Waals surface area contributed by atoms with E-state index in [1.165, 1.54) is 23.9 Å². The van der Waals surface area contributed by atoms with Crippen molar-refractivity contribution in [3.8, 4) is 0 Å². The van der Waals surface area contributed by atoms with Crippen molar-refractivity contribution in [1.82, 2.24) is 10.3 Å². The highest BCUT2D eigenvalue weighted by molar-refractivity contribution is 9.10. The van der Waals surface area contributed by atoms with E-state index in [-0.39, 0.29) is 12.2 Å². The van der Waals surface area contributed by atoms with Gasteiger partial charge in [-0.1, -0.05) is 32.5 Å². The lowest BCUT2D eigenvalue weighted by Gasteiger charge is -2.15. The molecule has 0 atom stereocenters. The van der Waals surface area contributed by atoms with Crippen LogP contribution in [0.2, 0.25) is 0 Å². The van der Waals surface area contributed by atoms with Gasteiger partial charge in [-0.05, 0) is 79.7 Å². The molecule has 9 heteroatoms. The second-order valence-electron chi connectivity index (χ2n) is 7.64. The molecule has 0 aliphatic carbocycles. The Balaban J connectivity index is 0.00000222. The Morgan fingerprint density at radius 1 is 1.25 bits per heavy atom. The second kappa shape index (κ2) is 15.6. The highest BCUT2D eigenvalue weighted by atomic mass is 79.9. The quantitative estimate of drug-likeness (QED) is 0.194. The van der Waals surface area contributed by atoms with Gasteiger partial charge in [-0.25, -0.2) is 19.2 Å². The van der Waals surface area contributed by atoms with Gasteiger partial charge in [-0.15, -0.1) is 0 Å². The fourth-order valence-electron chi connectivity index (χ4n) is 3.32. The van der Waals surface area contributed by atoms with Gasteiger partial charge in [-0.2, -0.15) is 0 Å². The predicted octanol–water partition coefficient (Wildman–Crippen LogP) is 8.24. The lowest BCUT2D eigenvalue weighted by Crippen LogP contribution is -2.23. The Morgan fingerprint density at radius 2 is 2.03 bits per heavy atom. The van der Waals surface area contributed by atoms with Gasteiger partial charge in [0.05, 0.1) is 22.8 Å².